The summed E-state index contributed by atoms with van der Waals surface area (Å²) in [6.45, 7) is 0. The van der Waals surface area contributed by atoms with Crippen LogP contribution in [0.1, 0.15) is 11.6 Å². The SMILES string of the molecule is Cn1cc(C(N)C(=O)Nc2ccc(F)c(Br)c2)cn1. The van der Waals surface area contributed by atoms with Gasteiger partial charge in [-0.2, -0.15) is 5.10 Å². The van der Waals surface area contributed by atoms with Gasteiger partial charge in [0.1, 0.15) is 11.9 Å². The molecule has 1 amide bonds. The summed E-state index contributed by atoms with van der Waals surface area (Å²) in [5.74, 6) is -0.777. The van der Waals surface area contributed by atoms with Crippen LogP contribution in [0, 0.1) is 5.82 Å². The summed E-state index contributed by atoms with van der Waals surface area (Å²) in [5, 5.41) is 6.57. The number of halogens is 2. The minimum atomic E-state index is -0.822. The lowest BCUT2D eigenvalue weighted by Crippen LogP contribution is -2.27. The Bertz CT molecular complexity index is 614. The molecule has 1 aromatic heterocycles. The second-order valence-electron chi connectivity index (χ2n) is 4.04. The number of carbonyl (C=O) groups excluding carboxylic acids is 1. The minimum Gasteiger partial charge on any atom is -0.324 e. The molecule has 0 saturated heterocycles. The molecule has 0 radical (unpaired) electrons. The van der Waals surface area contributed by atoms with Gasteiger partial charge in [0.2, 0.25) is 5.91 Å². The summed E-state index contributed by atoms with van der Waals surface area (Å²) < 4.78 is 14.9. The van der Waals surface area contributed by atoms with E-state index in [1.54, 1.807) is 17.9 Å². The van der Waals surface area contributed by atoms with Crippen molar-refractivity contribution in [1.82, 2.24) is 9.78 Å². The molecule has 1 heterocycles. The molecule has 0 saturated carbocycles. The van der Waals surface area contributed by atoms with E-state index in [9.17, 15) is 9.18 Å². The van der Waals surface area contributed by atoms with E-state index in [1.165, 1.54) is 24.4 Å². The summed E-state index contributed by atoms with van der Waals surface area (Å²) in [7, 11) is 1.74. The molecular formula is C12H12BrFN4O. The van der Waals surface area contributed by atoms with E-state index in [0.717, 1.165) is 0 Å². The van der Waals surface area contributed by atoms with E-state index in [2.05, 4.69) is 26.3 Å². The Morgan fingerprint density at radius 1 is 1.58 bits per heavy atom. The van der Waals surface area contributed by atoms with E-state index < -0.39 is 11.9 Å². The normalized spacial score (nSPS) is 12.2. The van der Waals surface area contributed by atoms with Crippen molar-refractivity contribution in [3.8, 4) is 0 Å². The van der Waals surface area contributed by atoms with Crippen molar-refractivity contribution in [1.29, 1.82) is 0 Å². The largest absolute Gasteiger partial charge is 0.324 e. The molecule has 1 aromatic carbocycles. The van der Waals surface area contributed by atoms with E-state index >= 15 is 0 Å². The average molecular weight is 327 g/mol. The van der Waals surface area contributed by atoms with Crippen LogP contribution < -0.4 is 11.1 Å². The van der Waals surface area contributed by atoms with Crippen molar-refractivity contribution in [2.75, 3.05) is 5.32 Å². The third kappa shape index (κ3) is 3.18. The molecule has 0 aliphatic heterocycles. The number of benzene rings is 1. The van der Waals surface area contributed by atoms with Gasteiger partial charge in [-0.15, -0.1) is 0 Å². The van der Waals surface area contributed by atoms with Crippen LogP contribution >= 0.6 is 15.9 Å². The number of hydrogen-bond acceptors (Lipinski definition) is 3. The van der Waals surface area contributed by atoms with E-state index in [1.807, 2.05) is 0 Å². The van der Waals surface area contributed by atoms with Gasteiger partial charge in [-0.1, -0.05) is 0 Å². The molecule has 19 heavy (non-hydrogen) atoms. The lowest BCUT2D eigenvalue weighted by Gasteiger charge is -2.11. The van der Waals surface area contributed by atoms with Crippen LogP contribution in [0.5, 0.6) is 0 Å². The topological polar surface area (TPSA) is 72.9 Å². The molecule has 1 atom stereocenters. The zero-order chi connectivity index (χ0) is 14.0. The van der Waals surface area contributed by atoms with Crippen molar-refractivity contribution in [3.63, 3.8) is 0 Å². The van der Waals surface area contributed by atoms with Gasteiger partial charge >= 0.3 is 0 Å². The van der Waals surface area contributed by atoms with Gasteiger partial charge in [0, 0.05) is 24.5 Å². The molecule has 2 aromatic rings. The number of nitrogens with one attached hydrogen (secondary N) is 1. The Morgan fingerprint density at radius 3 is 2.89 bits per heavy atom. The highest BCUT2D eigenvalue weighted by Crippen LogP contribution is 2.21. The van der Waals surface area contributed by atoms with Crippen LogP contribution in [0.4, 0.5) is 10.1 Å². The Balaban J connectivity index is 2.10. The van der Waals surface area contributed by atoms with Gasteiger partial charge in [0.05, 0.1) is 10.7 Å². The first kappa shape index (κ1) is 13.7. The standard InChI is InChI=1S/C12H12BrFN4O/c1-18-6-7(5-16-18)11(15)12(19)17-8-2-3-10(14)9(13)4-8/h2-6,11H,15H2,1H3,(H,17,19). The third-order valence-corrected chi connectivity index (χ3v) is 3.16. The predicted molar refractivity (Wildman–Crippen MR) is 72.9 cm³/mol. The number of aryl methyl sites for hydroxylation is 1. The fourth-order valence-electron chi connectivity index (χ4n) is 1.55. The zero-order valence-electron chi connectivity index (χ0n) is 10.1. The van der Waals surface area contributed by atoms with Gasteiger partial charge in [-0.25, -0.2) is 4.39 Å². The maximum absolute atomic E-state index is 13.1. The van der Waals surface area contributed by atoms with E-state index in [4.69, 9.17) is 5.73 Å². The lowest BCUT2D eigenvalue weighted by atomic mass is 10.1. The number of hydrogen-bond donors (Lipinski definition) is 2. The molecule has 1 unspecified atom stereocenters. The minimum absolute atomic E-state index is 0.278. The summed E-state index contributed by atoms with van der Waals surface area (Å²) >= 11 is 3.05. The number of aromatic nitrogens is 2. The highest BCUT2D eigenvalue weighted by molar-refractivity contribution is 9.10. The van der Waals surface area contributed by atoms with Gasteiger partial charge < -0.3 is 11.1 Å². The first-order chi connectivity index (χ1) is 8.97. The lowest BCUT2D eigenvalue weighted by molar-refractivity contribution is -0.117. The molecule has 0 aliphatic carbocycles. The second kappa shape index (κ2) is 5.50. The number of amides is 1. The molecule has 100 valence electrons. The monoisotopic (exact) mass is 326 g/mol. The molecule has 0 aliphatic rings. The van der Waals surface area contributed by atoms with Crippen molar-refractivity contribution in [2.45, 2.75) is 6.04 Å². The van der Waals surface area contributed by atoms with Crippen LogP contribution in [0.15, 0.2) is 35.1 Å². The Morgan fingerprint density at radius 2 is 2.32 bits per heavy atom. The molecule has 3 N–H and O–H groups in total. The highest BCUT2D eigenvalue weighted by atomic mass is 79.9. The first-order valence-electron chi connectivity index (χ1n) is 5.47. The van der Waals surface area contributed by atoms with Crippen molar-refractivity contribution in [3.05, 3.63) is 46.4 Å². The summed E-state index contributed by atoms with van der Waals surface area (Å²) in [5.41, 5.74) is 6.90. The van der Waals surface area contributed by atoms with Gasteiger partial charge in [0.15, 0.2) is 0 Å². The maximum atomic E-state index is 13.1. The van der Waals surface area contributed by atoms with Crippen molar-refractivity contribution < 1.29 is 9.18 Å². The van der Waals surface area contributed by atoms with Crippen molar-refractivity contribution >= 4 is 27.5 Å². The van der Waals surface area contributed by atoms with Gasteiger partial charge in [-0.3, -0.25) is 9.48 Å². The summed E-state index contributed by atoms with van der Waals surface area (Å²) in [4.78, 5) is 11.9. The van der Waals surface area contributed by atoms with E-state index in [0.29, 0.717) is 11.3 Å². The maximum Gasteiger partial charge on any atom is 0.246 e. The van der Waals surface area contributed by atoms with Gasteiger partial charge in [-0.05, 0) is 34.1 Å². The second-order valence-corrected chi connectivity index (χ2v) is 4.90. The molecule has 2 rings (SSSR count). The molecule has 0 fully saturated rings. The Hall–Kier alpha value is -1.73. The van der Waals surface area contributed by atoms with Crippen molar-refractivity contribution in [2.24, 2.45) is 12.8 Å². The Kier molecular flexibility index (Phi) is 3.96. The van der Waals surface area contributed by atoms with E-state index in [-0.39, 0.29) is 10.4 Å². The zero-order valence-corrected chi connectivity index (χ0v) is 11.7. The fourth-order valence-corrected chi connectivity index (χ4v) is 1.92. The fraction of sp³-hybridized carbons (Fsp3) is 0.167. The average Bonchev–Trinajstić information content (AvgIpc) is 2.79. The molecule has 7 heteroatoms. The van der Waals surface area contributed by atoms with Gasteiger partial charge in [0.25, 0.3) is 0 Å². The smallest absolute Gasteiger partial charge is 0.246 e. The Labute approximate surface area is 117 Å². The summed E-state index contributed by atoms with van der Waals surface area (Å²) in [6, 6.07) is 3.38. The highest BCUT2D eigenvalue weighted by Gasteiger charge is 2.17. The number of rotatable bonds is 3. The number of nitrogens with zero attached hydrogens (tertiary/aromatic N) is 2. The summed E-state index contributed by atoms with van der Waals surface area (Å²) in [6.07, 6.45) is 3.20. The number of anilines is 1. The van der Waals surface area contributed by atoms with Crippen LogP contribution in [0.25, 0.3) is 0 Å². The van der Waals surface area contributed by atoms with Crippen LogP contribution in [-0.4, -0.2) is 15.7 Å². The van der Waals surface area contributed by atoms with Crippen LogP contribution in [0.2, 0.25) is 0 Å². The predicted octanol–water partition coefficient (Wildman–Crippen LogP) is 1.96. The van der Waals surface area contributed by atoms with Crippen LogP contribution in [-0.2, 0) is 11.8 Å². The quantitative estimate of drug-likeness (QED) is 0.905. The molecular weight excluding hydrogens is 315 g/mol. The molecule has 0 bridgehead atoms. The van der Waals surface area contributed by atoms with Crippen LogP contribution in [0.3, 0.4) is 0 Å². The first-order valence-corrected chi connectivity index (χ1v) is 6.26. The molecule has 5 nitrogen and oxygen atoms in total. The number of carbonyl (C=O) groups is 1. The number of nitrogens with two attached hydrogens (primary N) is 1. The third-order valence-electron chi connectivity index (χ3n) is 2.55. The molecule has 0 spiro atoms.